The molecule has 0 aromatic rings. The molecule has 3 nitrogen and oxygen atoms in total. The van der Waals surface area contributed by atoms with Gasteiger partial charge in [0.25, 0.3) is 0 Å². The first-order chi connectivity index (χ1) is 7.17. The van der Waals surface area contributed by atoms with E-state index in [0.717, 1.165) is 18.5 Å². The minimum Gasteiger partial charge on any atom is -0.379 e. The van der Waals surface area contributed by atoms with Crippen LogP contribution in [0.5, 0.6) is 0 Å². The van der Waals surface area contributed by atoms with Gasteiger partial charge in [-0.3, -0.25) is 0 Å². The van der Waals surface area contributed by atoms with Gasteiger partial charge < -0.3 is 15.4 Å². The molecule has 0 spiro atoms. The highest BCUT2D eigenvalue weighted by Gasteiger charge is 2.23. The topological polar surface area (TPSA) is 38.5 Å². The van der Waals surface area contributed by atoms with E-state index in [1.54, 1.807) is 7.11 Å². The van der Waals surface area contributed by atoms with Gasteiger partial charge >= 0.3 is 0 Å². The van der Waals surface area contributed by atoms with E-state index in [1.807, 2.05) is 0 Å². The first kappa shape index (κ1) is 12.9. The summed E-state index contributed by atoms with van der Waals surface area (Å²) in [5.41, 5.74) is 5.64. The van der Waals surface area contributed by atoms with Crippen molar-refractivity contribution < 1.29 is 4.74 Å². The molecule has 1 aliphatic rings. The molecule has 0 radical (unpaired) electrons. The van der Waals surface area contributed by atoms with Crippen molar-refractivity contribution in [2.45, 2.75) is 44.8 Å². The van der Waals surface area contributed by atoms with Gasteiger partial charge in [0.15, 0.2) is 0 Å². The van der Waals surface area contributed by atoms with Gasteiger partial charge in [0.05, 0.1) is 6.10 Å². The summed E-state index contributed by atoms with van der Waals surface area (Å²) in [4.78, 5) is 2.43. The quantitative estimate of drug-likeness (QED) is 0.753. The van der Waals surface area contributed by atoms with E-state index in [-0.39, 0.29) is 6.10 Å². The van der Waals surface area contributed by atoms with Gasteiger partial charge in [0, 0.05) is 26.2 Å². The van der Waals surface area contributed by atoms with Crippen molar-refractivity contribution in [2.75, 3.05) is 27.2 Å². The van der Waals surface area contributed by atoms with Gasteiger partial charge in [-0.25, -0.2) is 0 Å². The Labute approximate surface area is 94.0 Å². The van der Waals surface area contributed by atoms with Gasteiger partial charge in [0.1, 0.15) is 0 Å². The Hall–Kier alpha value is -0.120. The van der Waals surface area contributed by atoms with Crippen molar-refractivity contribution in [3.05, 3.63) is 0 Å². The van der Waals surface area contributed by atoms with Crippen molar-refractivity contribution in [1.82, 2.24) is 4.90 Å². The molecule has 3 atom stereocenters. The molecule has 90 valence electrons. The fraction of sp³-hybridized carbons (Fsp3) is 1.00. The largest absolute Gasteiger partial charge is 0.379 e. The maximum absolute atomic E-state index is 5.64. The Morgan fingerprint density at radius 1 is 1.47 bits per heavy atom. The highest BCUT2D eigenvalue weighted by Crippen LogP contribution is 2.26. The summed E-state index contributed by atoms with van der Waals surface area (Å²) < 4.78 is 5.32. The predicted octanol–water partition coefficient (Wildman–Crippen LogP) is 1.47. The van der Waals surface area contributed by atoms with Crippen LogP contribution in [0.25, 0.3) is 0 Å². The number of methoxy groups -OCH3 is 1. The van der Waals surface area contributed by atoms with Crippen LogP contribution in [0.1, 0.15) is 32.6 Å². The summed E-state index contributed by atoms with van der Waals surface area (Å²) in [6.07, 6.45) is 5.62. The van der Waals surface area contributed by atoms with E-state index in [0.29, 0.717) is 6.54 Å². The fourth-order valence-electron chi connectivity index (χ4n) is 2.52. The first-order valence-corrected chi connectivity index (χ1v) is 6.10. The lowest BCUT2D eigenvalue weighted by molar-refractivity contribution is 0.0530. The molecule has 0 heterocycles. The van der Waals surface area contributed by atoms with Crippen LogP contribution in [0, 0.1) is 5.92 Å². The van der Waals surface area contributed by atoms with Crippen LogP contribution in [0.2, 0.25) is 0 Å². The van der Waals surface area contributed by atoms with E-state index in [2.05, 4.69) is 18.9 Å². The molecule has 1 aliphatic carbocycles. The molecule has 1 saturated carbocycles. The van der Waals surface area contributed by atoms with Crippen LogP contribution < -0.4 is 5.73 Å². The molecular formula is C12H26N2O. The summed E-state index contributed by atoms with van der Waals surface area (Å²) >= 11 is 0. The van der Waals surface area contributed by atoms with Gasteiger partial charge in [-0.2, -0.15) is 0 Å². The molecular weight excluding hydrogens is 188 g/mol. The smallest absolute Gasteiger partial charge is 0.0820 e. The molecule has 0 aromatic carbocycles. The Morgan fingerprint density at radius 2 is 2.20 bits per heavy atom. The van der Waals surface area contributed by atoms with Gasteiger partial charge in [-0.1, -0.05) is 19.8 Å². The van der Waals surface area contributed by atoms with Gasteiger partial charge in [0.2, 0.25) is 0 Å². The van der Waals surface area contributed by atoms with Crippen molar-refractivity contribution in [2.24, 2.45) is 11.7 Å². The summed E-state index contributed by atoms with van der Waals surface area (Å²) in [5.74, 6) is 0.880. The number of rotatable bonds is 5. The summed E-state index contributed by atoms with van der Waals surface area (Å²) in [6, 6.07) is 0.734. The van der Waals surface area contributed by atoms with Crippen LogP contribution in [0.3, 0.4) is 0 Å². The zero-order valence-corrected chi connectivity index (χ0v) is 10.4. The van der Waals surface area contributed by atoms with Crippen LogP contribution in [0.4, 0.5) is 0 Å². The second kappa shape index (κ2) is 6.46. The Kier molecular flexibility index (Phi) is 5.58. The van der Waals surface area contributed by atoms with Crippen LogP contribution in [-0.2, 0) is 4.74 Å². The van der Waals surface area contributed by atoms with Crippen LogP contribution in [-0.4, -0.2) is 44.3 Å². The lowest BCUT2D eigenvalue weighted by Crippen LogP contribution is -2.42. The SMILES string of the molecule is COC(CN)CN(C)C1CCCC(C)C1. The highest BCUT2D eigenvalue weighted by atomic mass is 16.5. The summed E-state index contributed by atoms with van der Waals surface area (Å²) in [7, 11) is 3.94. The maximum atomic E-state index is 5.64. The van der Waals surface area contributed by atoms with Crippen molar-refractivity contribution in [3.8, 4) is 0 Å². The molecule has 0 aromatic heterocycles. The highest BCUT2D eigenvalue weighted by molar-refractivity contribution is 4.78. The third kappa shape index (κ3) is 4.09. The third-order valence-electron chi connectivity index (χ3n) is 3.62. The third-order valence-corrected chi connectivity index (χ3v) is 3.62. The summed E-state index contributed by atoms with van der Waals surface area (Å²) in [5, 5.41) is 0. The number of hydrogen-bond acceptors (Lipinski definition) is 3. The Bertz CT molecular complexity index is 171. The number of hydrogen-bond donors (Lipinski definition) is 1. The number of ether oxygens (including phenoxy) is 1. The van der Waals surface area contributed by atoms with E-state index < -0.39 is 0 Å². The Morgan fingerprint density at radius 3 is 2.73 bits per heavy atom. The monoisotopic (exact) mass is 214 g/mol. The minimum atomic E-state index is 0.187. The lowest BCUT2D eigenvalue weighted by atomic mass is 9.86. The van der Waals surface area contributed by atoms with Gasteiger partial charge in [-0.05, 0) is 25.8 Å². The summed E-state index contributed by atoms with van der Waals surface area (Å²) in [6.45, 7) is 3.93. The molecule has 1 rings (SSSR count). The number of nitrogens with two attached hydrogens (primary N) is 1. The fourth-order valence-corrected chi connectivity index (χ4v) is 2.52. The number of nitrogens with zero attached hydrogens (tertiary/aromatic N) is 1. The van der Waals surface area contributed by atoms with Crippen LogP contribution >= 0.6 is 0 Å². The average Bonchev–Trinajstić information content (AvgIpc) is 2.25. The molecule has 1 fully saturated rings. The van der Waals surface area contributed by atoms with Crippen molar-refractivity contribution in [1.29, 1.82) is 0 Å². The molecule has 0 amide bonds. The second-order valence-corrected chi connectivity index (χ2v) is 4.96. The standard InChI is InChI=1S/C12H26N2O/c1-10-5-4-6-11(7-10)14(2)9-12(8-13)15-3/h10-12H,4-9,13H2,1-3H3. The van der Waals surface area contributed by atoms with E-state index >= 15 is 0 Å². The van der Waals surface area contributed by atoms with Crippen molar-refractivity contribution in [3.63, 3.8) is 0 Å². The lowest BCUT2D eigenvalue weighted by Gasteiger charge is -2.35. The van der Waals surface area contributed by atoms with Crippen molar-refractivity contribution >= 4 is 0 Å². The molecule has 0 aliphatic heterocycles. The average molecular weight is 214 g/mol. The molecule has 3 heteroatoms. The van der Waals surface area contributed by atoms with E-state index in [9.17, 15) is 0 Å². The molecule has 3 unspecified atom stereocenters. The minimum absolute atomic E-state index is 0.187. The zero-order chi connectivity index (χ0) is 11.3. The second-order valence-electron chi connectivity index (χ2n) is 4.96. The Balaban J connectivity index is 2.34. The van der Waals surface area contributed by atoms with E-state index in [4.69, 9.17) is 10.5 Å². The van der Waals surface area contributed by atoms with Crippen LogP contribution in [0.15, 0.2) is 0 Å². The molecule has 2 N–H and O–H groups in total. The van der Waals surface area contributed by atoms with E-state index in [1.165, 1.54) is 25.7 Å². The normalized spacial score (nSPS) is 29.4. The molecule has 15 heavy (non-hydrogen) atoms. The molecule has 0 saturated heterocycles. The number of likely N-dealkylation sites (N-methyl/N-ethyl adjacent to an activating group) is 1. The van der Waals surface area contributed by atoms with Gasteiger partial charge in [-0.15, -0.1) is 0 Å². The first-order valence-electron chi connectivity index (χ1n) is 6.10. The predicted molar refractivity (Wildman–Crippen MR) is 63.9 cm³/mol. The maximum Gasteiger partial charge on any atom is 0.0820 e. The zero-order valence-electron chi connectivity index (χ0n) is 10.4. The molecule has 0 bridgehead atoms.